The number of benzene rings is 1. The summed E-state index contributed by atoms with van der Waals surface area (Å²) in [7, 11) is 0. The molecule has 0 heterocycles. The summed E-state index contributed by atoms with van der Waals surface area (Å²) in [4.78, 5) is 12.3. The molecular formula is C15H19BrN2O. The third-order valence-corrected chi connectivity index (χ3v) is 4.05. The largest absolute Gasteiger partial charge is 0.348 e. The Morgan fingerprint density at radius 2 is 2.11 bits per heavy atom. The second kappa shape index (κ2) is 6.72. The van der Waals surface area contributed by atoms with Crippen LogP contribution in [0.3, 0.4) is 0 Å². The lowest BCUT2D eigenvalue weighted by Gasteiger charge is -2.25. The highest BCUT2D eigenvalue weighted by molar-refractivity contribution is 9.10. The summed E-state index contributed by atoms with van der Waals surface area (Å²) in [6.45, 7) is 5.67. The van der Waals surface area contributed by atoms with Gasteiger partial charge in [-0.2, -0.15) is 5.26 Å². The van der Waals surface area contributed by atoms with E-state index in [0.29, 0.717) is 12.8 Å². The van der Waals surface area contributed by atoms with E-state index in [2.05, 4.69) is 27.3 Å². The Morgan fingerprint density at radius 3 is 2.58 bits per heavy atom. The van der Waals surface area contributed by atoms with Gasteiger partial charge in [-0.15, -0.1) is 0 Å². The Labute approximate surface area is 123 Å². The van der Waals surface area contributed by atoms with Crippen molar-refractivity contribution in [2.75, 3.05) is 0 Å². The van der Waals surface area contributed by atoms with Crippen LogP contribution in [0.15, 0.2) is 28.7 Å². The van der Waals surface area contributed by atoms with Crippen LogP contribution in [0.1, 0.15) is 45.2 Å². The molecule has 102 valence electrons. The van der Waals surface area contributed by atoms with Crippen LogP contribution in [0, 0.1) is 16.7 Å². The molecule has 0 bridgehead atoms. The zero-order chi connectivity index (χ0) is 14.5. The fraction of sp³-hybridized carbons (Fsp3) is 0.467. The quantitative estimate of drug-likeness (QED) is 0.892. The van der Waals surface area contributed by atoms with Gasteiger partial charge in [0.25, 0.3) is 0 Å². The van der Waals surface area contributed by atoms with E-state index in [0.717, 1.165) is 10.0 Å². The van der Waals surface area contributed by atoms with E-state index in [4.69, 9.17) is 0 Å². The average Bonchev–Trinajstić information content (AvgIpc) is 2.41. The SMILES string of the molecule is CCC(C#N)(CC)C(=O)NC(C)c1cccc(Br)c1. The molecule has 0 fully saturated rings. The first kappa shape index (κ1) is 15.7. The molecule has 1 N–H and O–H groups in total. The summed E-state index contributed by atoms with van der Waals surface area (Å²) in [5.74, 6) is -0.188. The standard InChI is InChI=1S/C15H19BrN2O/c1-4-15(5-2,10-17)14(19)18-11(3)12-7-6-8-13(16)9-12/h6-9,11H,4-5H2,1-3H3,(H,18,19). The van der Waals surface area contributed by atoms with Crippen LogP contribution in [0.5, 0.6) is 0 Å². The third kappa shape index (κ3) is 3.57. The van der Waals surface area contributed by atoms with E-state index in [-0.39, 0.29) is 11.9 Å². The summed E-state index contributed by atoms with van der Waals surface area (Å²) in [5.41, 5.74) is 0.0991. The van der Waals surface area contributed by atoms with Gasteiger partial charge >= 0.3 is 0 Å². The summed E-state index contributed by atoms with van der Waals surface area (Å²) < 4.78 is 0.976. The summed E-state index contributed by atoms with van der Waals surface area (Å²) in [6, 6.07) is 9.85. The van der Waals surface area contributed by atoms with Crippen molar-refractivity contribution in [1.82, 2.24) is 5.32 Å². The number of carbonyl (C=O) groups excluding carboxylic acids is 1. The number of nitrogens with zero attached hydrogens (tertiary/aromatic N) is 1. The second-order valence-electron chi connectivity index (χ2n) is 4.65. The molecule has 1 atom stereocenters. The Morgan fingerprint density at radius 1 is 1.47 bits per heavy atom. The average molecular weight is 323 g/mol. The molecule has 3 nitrogen and oxygen atoms in total. The summed E-state index contributed by atoms with van der Waals surface area (Å²) in [6.07, 6.45) is 1.05. The summed E-state index contributed by atoms with van der Waals surface area (Å²) >= 11 is 3.41. The van der Waals surface area contributed by atoms with Crippen molar-refractivity contribution < 1.29 is 4.79 Å². The van der Waals surface area contributed by atoms with E-state index in [1.807, 2.05) is 45.0 Å². The summed E-state index contributed by atoms with van der Waals surface area (Å²) in [5, 5.41) is 12.2. The van der Waals surface area contributed by atoms with Crippen LogP contribution in [0.2, 0.25) is 0 Å². The monoisotopic (exact) mass is 322 g/mol. The lowest BCUT2D eigenvalue weighted by atomic mass is 9.82. The van der Waals surface area contributed by atoms with Crippen LogP contribution in [-0.2, 0) is 4.79 Å². The second-order valence-corrected chi connectivity index (χ2v) is 5.57. The van der Waals surface area contributed by atoms with Crippen molar-refractivity contribution in [2.45, 2.75) is 39.7 Å². The van der Waals surface area contributed by atoms with Crippen molar-refractivity contribution in [3.05, 3.63) is 34.3 Å². The maximum absolute atomic E-state index is 12.3. The number of nitriles is 1. The molecule has 0 radical (unpaired) electrons. The van der Waals surface area contributed by atoms with E-state index < -0.39 is 5.41 Å². The van der Waals surface area contributed by atoms with E-state index >= 15 is 0 Å². The third-order valence-electron chi connectivity index (χ3n) is 3.55. The molecule has 0 aliphatic carbocycles. The lowest BCUT2D eigenvalue weighted by molar-refractivity contribution is -0.129. The van der Waals surface area contributed by atoms with Gasteiger partial charge in [-0.05, 0) is 37.5 Å². The highest BCUT2D eigenvalue weighted by atomic mass is 79.9. The zero-order valence-corrected chi connectivity index (χ0v) is 13.1. The Kier molecular flexibility index (Phi) is 5.56. The maximum Gasteiger partial charge on any atom is 0.240 e. The van der Waals surface area contributed by atoms with E-state index in [1.54, 1.807) is 0 Å². The highest BCUT2D eigenvalue weighted by Crippen LogP contribution is 2.27. The van der Waals surface area contributed by atoms with Gasteiger partial charge in [-0.1, -0.05) is 41.9 Å². The minimum absolute atomic E-state index is 0.115. The molecule has 0 aliphatic heterocycles. The van der Waals surface area contributed by atoms with E-state index in [1.165, 1.54) is 0 Å². The Bertz CT molecular complexity index is 489. The van der Waals surface area contributed by atoms with Crippen LogP contribution >= 0.6 is 15.9 Å². The van der Waals surface area contributed by atoms with Gasteiger partial charge in [0.15, 0.2) is 0 Å². The van der Waals surface area contributed by atoms with Crippen LogP contribution in [0.4, 0.5) is 0 Å². The van der Waals surface area contributed by atoms with Crippen LogP contribution in [-0.4, -0.2) is 5.91 Å². The van der Waals surface area contributed by atoms with E-state index in [9.17, 15) is 10.1 Å². The molecular weight excluding hydrogens is 304 g/mol. The van der Waals surface area contributed by atoms with Crippen molar-refractivity contribution in [3.63, 3.8) is 0 Å². The lowest BCUT2D eigenvalue weighted by Crippen LogP contribution is -2.40. The number of carbonyl (C=O) groups is 1. The number of rotatable bonds is 5. The molecule has 1 rings (SSSR count). The minimum Gasteiger partial charge on any atom is -0.348 e. The van der Waals surface area contributed by atoms with Crippen molar-refractivity contribution in [3.8, 4) is 6.07 Å². The molecule has 0 saturated heterocycles. The maximum atomic E-state index is 12.3. The molecule has 0 spiro atoms. The zero-order valence-electron chi connectivity index (χ0n) is 11.5. The predicted molar refractivity (Wildman–Crippen MR) is 79.3 cm³/mol. The van der Waals surface area contributed by atoms with Gasteiger partial charge in [-0.3, -0.25) is 4.79 Å². The molecule has 1 unspecified atom stereocenters. The highest BCUT2D eigenvalue weighted by Gasteiger charge is 2.35. The molecule has 1 aromatic rings. The minimum atomic E-state index is -0.916. The fourth-order valence-electron chi connectivity index (χ4n) is 1.97. The van der Waals surface area contributed by atoms with Crippen molar-refractivity contribution in [2.24, 2.45) is 5.41 Å². The first-order valence-electron chi connectivity index (χ1n) is 6.46. The van der Waals surface area contributed by atoms with Crippen LogP contribution < -0.4 is 5.32 Å². The molecule has 0 aliphatic rings. The fourth-order valence-corrected chi connectivity index (χ4v) is 2.39. The first-order valence-corrected chi connectivity index (χ1v) is 7.26. The number of hydrogen-bond donors (Lipinski definition) is 1. The molecule has 0 saturated carbocycles. The number of hydrogen-bond acceptors (Lipinski definition) is 2. The van der Waals surface area contributed by atoms with Gasteiger partial charge in [0.1, 0.15) is 5.41 Å². The molecule has 0 aromatic heterocycles. The number of amides is 1. The molecule has 1 amide bonds. The van der Waals surface area contributed by atoms with Crippen molar-refractivity contribution in [1.29, 1.82) is 5.26 Å². The Hall–Kier alpha value is -1.34. The van der Waals surface area contributed by atoms with Gasteiger partial charge in [0, 0.05) is 4.47 Å². The molecule has 1 aromatic carbocycles. The van der Waals surface area contributed by atoms with Gasteiger partial charge in [0.05, 0.1) is 12.1 Å². The Balaban J connectivity index is 2.85. The molecule has 4 heteroatoms. The predicted octanol–water partition coefficient (Wildman–Crippen LogP) is 3.96. The number of halogens is 1. The first-order chi connectivity index (χ1) is 8.99. The van der Waals surface area contributed by atoms with Gasteiger partial charge < -0.3 is 5.32 Å². The smallest absolute Gasteiger partial charge is 0.240 e. The van der Waals surface area contributed by atoms with Crippen molar-refractivity contribution >= 4 is 21.8 Å². The normalized spacial score (nSPS) is 12.6. The topological polar surface area (TPSA) is 52.9 Å². The number of nitrogens with one attached hydrogen (secondary N) is 1. The molecule has 19 heavy (non-hydrogen) atoms. The van der Waals surface area contributed by atoms with Gasteiger partial charge in [0.2, 0.25) is 5.91 Å². The van der Waals surface area contributed by atoms with Crippen LogP contribution in [0.25, 0.3) is 0 Å². The van der Waals surface area contributed by atoms with Gasteiger partial charge in [-0.25, -0.2) is 0 Å².